The highest BCUT2D eigenvalue weighted by Crippen LogP contribution is 2.66. The maximum absolute atomic E-state index is 13.8. The van der Waals surface area contributed by atoms with Crippen molar-refractivity contribution in [3.63, 3.8) is 0 Å². The van der Waals surface area contributed by atoms with E-state index in [0.29, 0.717) is 6.42 Å². The second-order valence-electron chi connectivity index (χ2n) is 13.3. The van der Waals surface area contributed by atoms with E-state index < -0.39 is 34.8 Å². The van der Waals surface area contributed by atoms with Crippen LogP contribution in [0, 0.1) is 28.6 Å². The van der Waals surface area contributed by atoms with Crippen molar-refractivity contribution in [1.82, 2.24) is 4.98 Å². The molecule has 7 nitrogen and oxygen atoms in total. The Morgan fingerprint density at radius 3 is 2.41 bits per heavy atom. The van der Waals surface area contributed by atoms with Crippen molar-refractivity contribution in [1.29, 1.82) is 0 Å². The minimum atomic E-state index is -1.75. The first-order valence-electron chi connectivity index (χ1n) is 15.3. The number of carbonyl (C=O) groups excluding carboxylic acids is 4. The summed E-state index contributed by atoms with van der Waals surface area (Å²) in [5.41, 5.74) is -0.536. The standard InChI is InChI=1S/C36H35NO6S/c1-34-15-13-22(38)17-21(34)11-12-23-26-14-16-36(42,35(26,2)18-29(39)32(23)34)30(40)19-43-31(41)20-44-33-24-7-3-5-9-27(24)37-28-10-6-4-8-25(28)33/h3-10,13,15,17,23,26,32,42H,11-12,14,16,18-20H2,1-2H3/t23-,26-,32+,34-,35-,36-/m0/s1. The number of Topliss-reactive ketones (excluding diaryl/α,β-unsaturated/α-hetero) is 2. The summed E-state index contributed by atoms with van der Waals surface area (Å²) in [4.78, 5) is 58.1. The average Bonchev–Trinajstić information content (AvgIpc) is 3.28. The highest BCUT2D eigenvalue weighted by Gasteiger charge is 2.68. The zero-order valence-corrected chi connectivity index (χ0v) is 25.7. The van der Waals surface area contributed by atoms with Crippen molar-refractivity contribution < 1.29 is 29.0 Å². The molecule has 0 spiro atoms. The summed E-state index contributed by atoms with van der Waals surface area (Å²) in [6.45, 7) is 3.37. The predicted octanol–water partition coefficient (Wildman–Crippen LogP) is 5.81. The van der Waals surface area contributed by atoms with E-state index in [1.807, 2.05) is 68.5 Å². The molecule has 1 heterocycles. The molecular weight excluding hydrogens is 574 g/mol. The molecule has 4 aliphatic carbocycles. The number of aromatic nitrogens is 1. The number of allylic oxidation sites excluding steroid dienone is 4. The molecule has 0 radical (unpaired) electrons. The van der Waals surface area contributed by atoms with Gasteiger partial charge < -0.3 is 9.84 Å². The third kappa shape index (κ3) is 4.32. The Hall–Kier alpha value is -3.62. The van der Waals surface area contributed by atoms with E-state index in [9.17, 15) is 24.3 Å². The van der Waals surface area contributed by atoms with Gasteiger partial charge in [-0.05, 0) is 61.8 Å². The van der Waals surface area contributed by atoms with E-state index in [-0.39, 0.29) is 47.9 Å². The lowest BCUT2D eigenvalue weighted by molar-refractivity contribution is -0.172. The second-order valence-corrected chi connectivity index (χ2v) is 14.3. The number of benzene rings is 2. The number of carbonyl (C=O) groups is 4. The summed E-state index contributed by atoms with van der Waals surface area (Å²) in [7, 11) is 0. The molecule has 0 saturated heterocycles. The maximum Gasteiger partial charge on any atom is 0.316 e. The van der Waals surface area contributed by atoms with E-state index >= 15 is 0 Å². The largest absolute Gasteiger partial charge is 0.457 e. The van der Waals surface area contributed by atoms with Crippen LogP contribution in [0.25, 0.3) is 21.8 Å². The number of aliphatic hydroxyl groups is 1. The van der Waals surface area contributed by atoms with Gasteiger partial charge in [0.2, 0.25) is 5.78 Å². The third-order valence-corrected chi connectivity index (χ3v) is 12.2. The topological polar surface area (TPSA) is 111 Å². The van der Waals surface area contributed by atoms with Gasteiger partial charge in [0.1, 0.15) is 11.4 Å². The highest BCUT2D eigenvalue weighted by atomic mass is 32.2. The van der Waals surface area contributed by atoms with Crippen LogP contribution < -0.4 is 0 Å². The molecule has 3 aromatic rings. The zero-order chi connectivity index (χ0) is 30.9. The Kier molecular flexibility index (Phi) is 6.94. The van der Waals surface area contributed by atoms with Gasteiger partial charge >= 0.3 is 5.97 Å². The fourth-order valence-electron chi connectivity index (χ4n) is 8.89. The number of thioether (sulfide) groups is 1. The summed E-state index contributed by atoms with van der Waals surface area (Å²) in [6, 6.07) is 15.5. The maximum atomic E-state index is 13.8. The molecule has 4 aliphatic rings. The molecule has 0 aliphatic heterocycles. The van der Waals surface area contributed by atoms with Crippen LogP contribution >= 0.6 is 11.8 Å². The molecule has 6 atom stereocenters. The summed E-state index contributed by atoms with van der Waals surface area (Å²) in [6.07, 6.45) is 7.54. The van der Waals surface area contributed by atoms with Gasteiger partial charge in [0.05, 0.1) is 16.8 Å². The monoisotopic (exact) mass is 609 g/mol. The Balaban J connectivity index is 1.05. The Bertz CT molecular complexity index is 1760. The van der Waals surface area contributed by atoms with Crippen molar-refractivity contribution in [2.45, 2.75) is 56.4 Å². The average molecular weight is 610 g/mol. The van der Waals surface area contributed by atoms with Gasteiger partial charge in [0, 0.05) is 38.8 Å². The van der Waals surface area contributed by atoms with Gasteiger partial charge in [-0.15, -0.1) is 11.8 Å². The molecule has 7 rings (SSSR count). The molecule has 0 bridgehead atoms. The summed E-state index contributed by atoms with van der Waals surface area (Å²) < 4.78 is 5.46. The normalized spacial score (nSPS) is 32.6. The van der Waals surface area contributed by atoms with Crippen LogP contribution in [0.1, 0.15) is 46.0 Å². The van der Waals surface area contributed by atoms with Gasteiger partial charge in [-0.1, -0.05) is 61.9 Å². The Morgan fingerprint density at radius 1 is 1.02 bits per heavy atom. The number of fused-ring (bicyclic) bond motifs is 7. The number of ketones is 3. The number of para-hydroxylation sites is 2. The van der Waals surface area contributed by atoms with Crippen LogP contribution in [-0.2, 0) is 23.9 Å². The smallest absolute Gasteiger partial charge is 0.316 e. The van der Waals surface area contributed by atoms with E-state index in [0.717, 1.165) is 45.1 Å². The van der Waals surface area contributed by atoms with E-state index in [1.165, 1.54) is 11.8 Å². The fourth-order valence-corrected chi connectivity index (χ4v) is 9.89. The number of pyridine rings is 1. The first-order valence-corrected chi connectivity index (χ1v) is 16.3. The van der Waals surface area contributed by atoms with Crippen LogP contribution in [-0.4, -0.2) is 51.4 Å². The van der Waals surface area contributed by atoms with E-state index in [1.54, 1.807) is 12.2 Å². The van der Waals surface area contributed by atoms with Crippen molar-refractivity contribution in [2.24, 2.45) is 28.6 Å². The Labute approximate surface area is 260 Å². The molecule has 2 aromatic carbocycles. The quantitative estimate of drug-likeness (QED) is 0.212. The molecule has 226 valence electrons. The first kappa shape index (κ1) is 29.1. The number of ether oxygens (including phenoxy) is 1. The number of hydrogen-bond acceptors (Lipinski definition) is 8. The van der Waals surface area contributed by atoms with E-state index in [2.05, 4.69) is 0 Å². The third-order valence-electron chi connectivity index (χ3n) is 11.1. The number of rotatable bonds is 6. The van der Waals surface area contributed by atoms with Gasteiger partial charge in [-0.3, -0.25) is 19.2 Å². The summed E-state index contributed by atoms with van der Waals surface area (Å²) in [5, 5.41) is 13.8. The van der Waals surface area contributed by atoms with E-state index in [4.69, 9.17) is 9.72 Å². The lowest BCUT2D eigenvalue weighted by atomic mass is 9.46. The van der Waals surface area contributed by atoms with Gasteiger partial charge in [-0.2, -0.15) is 0 Å². The lowest BCUT2D eigenvalue weighted by Gasteiger charge is -2.56. The Morgan fingerprint density at radius 2 is 1.70 bits per heavy atom. The highest BCUT2D eigenvalue weighted by molar-refractivity contribution is 8.00. The SMILES string of the molecule is C[C@]12C=CC(=O)C=C1CC[C@@H]1[C@@H]2C(=O)C[C@@]2(C)[C@H]1CC[C@]2(O)C(=O)COC(=O)CSc1c2ccccc2nc2ccccc12. The molecule has 8 heteroatoms. The van der Waals surface area contributed by atoms with Crippen LogP contribution in [0.4, 0.5) is 0 Å². The van der Waals surface area contributed by atoms with Gasteiger partial charge in [0.15, 0.2) is 12.4 Å². The molecule has 1 aromatic heterocycles. The molecular formula is C36H35NO6S. The minimum absolute atomic E-state index is 0.00367. The van der Waals surface area contributed by atoms with Gasteiger partial charge in [-0.25, -0.2) is 4.98 Å². The lowest BCUT2D eigenvalue weighted by Crippen LogP contribution is -2.60. The summed E-state index contributed by atoms with van der Waals surface area (Å²) in [5.74, 6) is -1.41. The van der Waals surface area contributed by atoms with Crippen molar-refractivity contribution in [3.8, 4) is 0 Å². The molecule has 44 heavy (non-hydrogen) atoms. The molecule has 3 fully saturated rings. The van der Waals surface area contributed by atoms with Crippen LogP contribution in [0.3, 0.4) is 0 Å². The number of hydrogen-bond donors (Lipinski definition) is 1. The number of nitrogens with zero attached hydrogens (tertiary/aromatic N) is 1. The van der Waals surface area contributed by atoms with Crippen molar-refractivity contribution >= 4 is 56.9 Å². The number of esters is 1. The minimum Gasteiger partial charge on any atom is -0.457 e. The molecule has 0 amide bonds. The molecule has 1 N–H and O–H groups in total. The van der Waals surface area contributed by atoms with Crippen LogP contribution in [0.5, 0.6) is 0 Å². The fraction of sp³-hybridized carbons (Fsp3) is 0.417. The predicted molar refractivity (Wildman–Crippen MR) is 168 cm³/mol. The van der Waals surface area contributed by atoms with Gasteiger partial charge in [0.25, 0.3) is 0 Å². The first-order chi connectivity index (χ1) is 21.0. The molecule has 3 saturated carbocycles. The van der Waals surface area contributed by atoms with Crippen LogP contribution in [0.15, 0.2) is 77.2 Å². The van der Waals surface area contributed by atoms with Crippen molar-refractivity contribution in [3.05, 3.63) is 72.3 Å². The molecule has 0 unspecified atom stereocenters. The zero-order valence-electron chi connectivity index (χ0n) is 24.9. The van der Waals surface area contributed by atoms with Crippen molar-refractivity contribution in [2.75, 3.05) is 12.4 Å². The van der Waals surface area contributed by atoms with Crippen LogP contribution in [0.2, 0.25) is 0 Å². The second kappa shape index (κ2) is 10.5. The summed E-state index contributed by atoms with van der Waals surface area (Å²) >= 11 is 1.35.